The number of aromatic amines is 1. The molecule has 0 unspecified atom stereocenters. The van der Waals surface area contributed by atoms with Gasteiger partial charge >= 0.3 is 35.9 Å². The Morgan fingerprint density at radius 3 is 1.83 bits per heavy atom. The number of likely N-dealkylation sites (N-methyl/N-ethyl adjacent to an activating group) is 1. The minimum atomic E-state index is -2.13. The number of guanidine groups is 1. The molecule has 0 aliphatic heterocycles. The fourth-order valence-corrected chi connectivity index (χ4v) is 9.99. The lowest BCUT2D eigenvalue weighted by Gasteiger charge is -2.26. The maximum atomic E-state index is 13.8. The first-order valence-electron chi connectivity index (χ1n) is 27.5. The molecule has 486 valence electrons. The summed E-state index contributed by atoms with van der Waals surface area (Å²) in [6, 6.07) is 5.62. The molecule has 0 aliphatic carbocycles. The molecule has 4 rings (SSSR count). The number of pyridine rings is 2. The van der Waals surface area contributed by atoms with E-state index in [0.29, 0.717) is 11.4 Å². The number of amides is 7. The number of carboxylic acid groups (broad SMARTS) is 5. The van der Waals surface area contributed by atoms with Gasteiger partial charge in [-0.15, -0.1) is 0 Å². The molecule has 35 heteroatoms. The number of aromatic nitrogens is 4. The maximum absolute atomic E-state index is 13.8. The van der Waals surface area contributed by atoms with Crippen LogP contribution in [0.1, 0.15) is 64.0 Å². The normalized spacial score (nSPS) is 12.8. The third kappa shape index (κ3) is 25.3. The number of aliphatic carboxylic acids is 5. The number of nitrogens with zero attached hydrogens (tertiary/aromatic N) is 4. The van der Waals surface area contributed by atoms with Crippen molar-refractivity contribution in [1.29, 1.82) is 5.41 Å². The lowest BCUT2D eigenvalue weighted by molar-refractivity contribution is -0.144. The second kappa shape index (κ2) is 36.9. The van der Waals surface area contributed by atoms with E-state index >= 15 is 0 Å². The molecule has 4 aromatic rings. The van der Waals surface area contributed by atoms with Crippen LogP contribution in [-0.2, 0) is 57.5 Å². The van der Waals surface area contributed by atoms with Crippen LogP contribution in [0, 0.1) is 12.3 Å². The van der Waals surface area contributed by atoms with Crippen LogP contribution in [0.3, 0.4) is 0 Å². The predicted octanol–water partition coefficient (Wildman–Crippen LogP) is 0.293. The second-order valence-electron chi connectivity index (χ2n) is 19.6. The van der Waals surface area contributed by atoms with Crippen LogP contribution < -0.4 is 47.7 Å². The van der Waals surface area contributed by atoms with Crippen LogP contribution in [0.5, 0.6) is 5.75 Å². The van der Waals surface area contributed by atoms with Crippen molar-refractivity contribution in [2.45, 2.75) is 101 Å². The average Bonchev–Trinajstić information content (AvgIpc) is 1.58. The second-order valence-corrected chi connectivity index (χ2v) is 22.2. The van der Waals surface area contributed by atoms with Crippen molar-refractivity contribution in [3.8, 4) is 39.5 Å². The number of benzene rings is 1. The Morgan fingerprint density at radius 1 is 0.678 bits per heavy atom. The SMILES string of the molecule is CCC(=O)N[C@@H](CCC(=O)N[C@@H](CC(=O)O)C(=O)N[C@@H](CCCNC(=N)N)C(=O)N[C@@H](CC(=O)O)C(=O)N[C@@H](CC(=O)O)C(=O)N[C@@H](CSSCCOC(=O)N(C)CCOc1ccc(-c2cc(-c3n[nH]cc3-c3cccc(C)n3)ccn2)cc1)C(=O)O)C(=O)O. The van der Waals surface area contributed by atoms with Crippen LogP contribution in [0.4, 0.5) is 4.79 Å². The molecule has 33 nitrogen and oxygen atoms in total. The Morgan fingerprint density at radius 2 is 1.26 bits per heavy atom. The number of nitrogens with one attached hydrogen (secondary N) is 9. The van der Waals surface area contributed by atoms with E-state index in [0.717, 1.165) is 55.4 Å². The highest BCUT2D eigenvalue weighted by Crippen LogP contribution is 2.31. The van der Waals surface area contributed by atoms with E-state index in [2.05, 4.69) is 52.1 Å². The smallest absolute Gasteiger partial charge is 0.409 e. The van der Waals surface area contributed by atoms with Gasteiger partial charge in [0.2, 0.25) is 35.4 Å². The van der Waals surface area contributed by atoms with Crippen molar-refractivity contribution in [2.24, 2.45) is 5.73 Å². The quantitative estimate of drug-likeness (QED) is 0.0124. The summed E-state index contributed by atoms with van der Waals surface area (Å²) in [5, 5.41) is 78.2. The summed E-state index contributed by atoms with van der Waals surface area (Å²) in [6.45, 7) is 3.39. The topological polar surface area (TPSA) is 516 Å². The van der Waals surface area contributed by atoms with E-state index in [-0.39, 0.29) is 50.7 Å². The van der Waals surface area contributed by atoms with Gasteiger partial charge in [0.1, 0.15) is 60.9 Å². The maximum Gasteiger partial charge on any atom is 0.409 e. The van der Waals surface area contributed by atoms with Crippen LogP contribution in [0.2, 0.25) is 0 Å². The molecule has 7 amide bonds. The van der Waals surface area contributed by atoms with Crippen LogP contribution in [-0.4, -0.2) is 209 Å². The van der Waals surface area contributed by atoms with Gasteiger partial charge in [0.15, 0.2) is 5.96 Å². The Balaban J connectivity index is 1.28. The first-order chi connectivity index (χ1) is 42.7. The Labute approximate surface area is 521 Å². The number of hydrogen-bond donors (Lipinski definition) is 15. The predicted molar refractivity (Wildman–Crippen MR) is 322 cm³/mol. The molecule has 0 aliphatic rings. The fraction of sp³-hybridized carbons (Fsp3) is 0.418. The lowest BCUT2D eigenvalue weighted by Crippen LogP contribution is -2.59. The summed E-state index contributed by atoms with van der Waals surface area (Å²) < 4.78 is 11.2. The molecule has 3 heterocycles. The number of hydrogen-bond acceptors (Lipinski definition) is 20. The Kier molecular flexibility index (Phi) is 29.7. The lowest BCUT2D eigenvalue weighted by atomic mass is 10.0. The zero-order valence-electron chi connectivity index (χ0n) is 48.8. The van der Waals surface area contributed by atoms with Gasteiger partial charge in [-0.3, -0.25) is 63.6 Å². The molecular formula is C55H70N14O19S2. The molecule has 0 saturated carbocycles. The van der Waals surface area contributed by atoms with Crippen molar-refractivity contribution in [3.05, 3.63) is 72.7 Å². The fourth-order valence-electron chi connectivity index (χ4n) is 8.01. The number of nitrogens with two attached hydrogens (primary N) is 1. The molecule has 3 aromatic heterocycles. The van der Waals surface area contributed by atoms with Crippen LogP contribution in [0.15, 0.2) is 67.0 Å². The van der Waals surface area contributed by atoms with Gasteiger partial charge in [-0.2, -0.15) is 5.10 Å². The largest absolute Gasteiger partial charge is 0.492 e. The monoisotopic (exact) mass is 1290 g/mol. The van der Waals surface area contributed by atoms with Crippen molar-refractivity contribution in [1.82, 2.24) is 62.3 Å². The standard InChI is InChI=1S/C55H70N14O19S2/c1-4-42(70)62-36(52(82)83)14-15-43(71)63-38(24-44(72)73)49(79)64-35(9-6-17-59-54(56)57)48(78)65-39(25-45(74)75)50(80)66-40(26-46(76)77)51(81)67-41(53(84)85)28-90-89-22-21-88-55(86)69(3)19-20-87-32-12-10-30(11-13-32)37-23-31(16-18-58-37)47-33(27-60-68-47)34-8-5-7-29(2)61-34/h5,7-8,10-13,16,18,23,27,35-36,38-41H,4,6,9,14-15,17,19-22,24-26,28H2,1-3H3,(H,60,68)(H,62,70)(H,63,71)(H,64,79)(H,65,78)(H,66,80)(H,67,81)(H,72,73)(H,74,75)(H,76,77)(H,82,83)(H,84,85)(H4,56,57,59)/t35-,36-,38-,39-,40-,41-/m0/s1. The van der Waals surface area contributed by atoms with Gasteiger partial charge in [0.25, 0.3) is 0 Å². The van der Waals surface area contributed by atoms with Crippen LogP contribution in [0.25, 0.3) is 33.8 Å². The molecular weight excluding hydrogens is 1220 g/mol. The van der Waals surface area contributed by atoms with Gasteiger partial charge in [0, 0.05) is 72.7 Å². The highest BCUT2D eigenvalue weighted by Gasteiger charge is 2.35. The molecule has 0 bridgehead atoms. The minimum Gasteiger partial charge on any atom is -0.492 e. The highest BCUT2D eigenvalue weighted by atomic mass is 33.1. The van der Waals surface area contributed by atoms with E-state index in [1.165, 1.54) is 18.9 Å². The summed E-state index contributed by atoms with van der Waals surface area (Å²) >= 11 is 0. The third-order valence-corrected chi connectivity index (χ3v) is 15.0. The Bertz CT molecular complexity index is 3210. The molecule has 0 fully saturated rings. The van der Waals surface area contributed by atoms with Crippen molar-refractivity contribution >= 4 is 98.9 Å². The molecule has 16 N–H and O–H groups in total. The van der Waals surface area contributed by atoms with Gasteiger partial charge in [0.05, 0.1) is 37.2 Å². The van der Waals surface area contributed by atoms with Crippen molar-refractivity contribution < 1.29 is 92.5 Å². The number of carbonyl (C=O) groups excluding carboxylic acids is 7. The summed E-state index contributed by atoms with van der Waals surface area (Å²) in [5.41, 5.74) is 10.9. The summed E-state index contributed by atoms with van der Waals surface area (Å²) in [4.78, 5) is 162. The van der Waals surface area contributed by atoms with E-state index in [9.17, 15) is 83.1 Å². The zero-order chi connectivity index (χ0) is 66.5. The molecule has 0 spiro atoms. The summed E-state index contributed by atoms with van der Waals surface area (Å²) in [6.07, 6.45) is -2.36. The Hall–Kier alpha value is -10.1. The molecule has 90 heavy (non-hydrogen) atoms. The van der Waals surface area contributed by atoms with Crippen molar-refractivity contribution in [2.75, 3.05) is 44.9 Å². The summed E-state index contributed by atoms with van der Waals surface area (Å²) in [7, 11) is 3.48. The molecule has 0 saturated heterocycles. The number of aryl methyl sites for hydroxylation is 1. The molecule has 6 atom stereocenters. The number of ether oxygens (including phenoxy) is 2. The van der Waals surface area contributed by atoms with Crippen molar-refractivity contribution in [3.63, 3.8) is 0 Å². The number of carbonyl (C=O) groups is 12. The minimum absolute atomic E-state index is 0.0820. The van der Waals surface area contributed by atoms with Gasteiger partial charge in [-0.25, -0.2) is 14.4 Å². The zero-order valence-corrected chi connectivity index (χ0v) is 50.5. The van der Waals surface area contributed by atoms with Gasteiger partial charge in [-0.1, -0.05) is 34.6 Å². The average molecular weight is 1300 g/mol. The number of H-pyrrole nitrogens is 1. The third-order valence-electron chi connectivity index (χ3n) is 12.6. The number of rotatable bonds is 39. The van der Waals surface area contributed by atoms with Gasteiger partial charge < -0.3 is 82.9 Å². The van der Waals surface area contributed by atoms with Crippen LogP contribution >= 0.6 is 21.6 Å². The van der Waals surface area contributed by atoms with E-state index in [1.807, 2.05) is 54.7 Å². The molecule has 0 radical (unpaired) electrons. The van der Waals surface area contributed by atoms with E-state index in [1.54, 1.807) is 24.5 Å². The highest BCUT2D eigenvalue weighted by molar-refractivity contribution is 8.76. The first-order valence-corrected chi connectivity index (χ1v) is 30.0. The van der Waals surface area contributed by atoms with E-state index < -0.39 is 152 Å². The summed E-state index contributed by atoms with van der Waals surface area (Å²) in [5.74, 6) is -15.4. The number of carboxylic acids is 5. The van der Waals surface area contributed by atoms with Gasteiger partial charge in [-0.05, 0) is 74.7 Å². The van der Waals surface area contributed by atoms with E-state index in [4.69, 9.17) is 20.6 Å². The molecule has 1 aromatic carbocycles. The first kappa shape index (κ1) is 72.4.